The number of anilines is 1. The second kappa shape index (κ2) is 6.68. The fraction of sp³-hybridized carbons (Fsp3) is 0.333. The summed E-state index contributed by atoms with van der Waals surface area (Å²) in [6, 6.07) is 14.3. The Morgan fingerprint density at radius 1 is 0.850 bits per heavy atom. The summed E-state index contributed by atoms with van der Waals surface area (Å²) in [6.45, 7) is 4.22. The molecule has 0 saturated carbocycles. The molecule has 0 amide bonds. The third kappa shape index (κ3) is 3.26. The molecule has 0 unspecified atom stereocenters. The van der Waals surface area contributed by atoms with Crippen molar-refractivity contribution in [2.75, 3.05) is 38.1 Å². The number of piperazine rings is 1. The topological polar surface area (TPSA) is 32.3 Å². The van der Waals surface area contributed by atoms with Crippen molar-refractivity contribution in [1.82, 2.24) is 15.1 Å². The molecule has 2 aromatic rings. The molecular formula is C15H19ClN4. The van der Waals surface area contributed by atoms with Gasteiger partial charge in [-0.25, -0.2) is 0 Å². The molecule has 1 saturated heterocycles. The Hall–Kier alpha value is -1.65. The van der Waals surface area contributed by atoms with E-state index < -0.39 is 0 Å². The molecule has 0 atom stereocenters. The Labute approximate surface area is 125 Å². The number of halogens is 1. The zero-order valence-electron chi connectivity index (χ0n) is 11.6. The number of rotatable bonds is 2. The highest BCUT2D eigenvalue weighted by Crippen LogP contribution is 2.18. The van der Waals surface area contributed by atoms with Crippen LogP contribution in [0.25, 0.3) is 11.3 Å². The Morgan fingerprint density at radius 3 is 2.15 bits per heavy atom. The zero-order chi connectivity index (χ0) is 13.1. The van der Waals surface area contributed by atoms with Gasteiger partial charge in [-0.05, 0) is 19.2 Å². The highest BCUT2D eigenvalue weighted by atomic mass is 35.5. The molecule has 1 aliphatic rings. The summed E-state index contributed by atoms with van der Waals surface area (Å²) in [6.07, 6.45) is 0. The fourth-order valence-corrected chi connectivity index (χ4v) is 2.29. The minimum absolute atomic E-state index is 0. The highest BCUT2D eigenvalue weighted by molar-refractivity contribution is 5.85. The summed E-state index contributed by atoms with van der Waals surface area (Å²) >= 11 is 0. The van der Waals surface area contributed by atoms with E-state index in [9.17, 15) is 0 Å². The maximum atomic E-state index is 4.36. The first-order chi connectivity index (χ1) is 9.33. The number of hydrogen-bond acceptors (Lipinski definition) is 4. The molecular weight excluding hydrogens is 272 g/mol. The molecule has 5 heteroatoms. The summed E-state index contributed by atoms with van der Waals surface area (Å²) in [5, 5.41) is 8.70. The van der Waals surface area contributed by atoms with Crippen LogP contribution in [0, 0.1) is 0 Å². The molecule has 0 spiro atoms. The lowest BCUT2D eigenvalue weighted by Crippen LogP contribution is -2.44. The van der Waals surface area contributed by atoms with Crippen LogP contribution in [0.2, 0.25) is 0 Å². The quantitative estimate of drug-likeness (QED) is 0.850. The molecule has 0 N–H and O–H groups in total. The molecule has 0 aliphatic carbocycles. The van der Waals surface area contributed by atoms with E-state index in [0.29, 0.717) is 0 Å². The molecule has 1 fully saturated rings. The fourth-order valence-electron chi connectivity index (χ4n) is 2.29. The van der Waals surface area contributed by atoms with Crippen LogP contribution in [0.3, 0.4) is 0 Å². The molecule has 1 aromatic heterocycles. The van der Waals surface area contributed by atoms with E-state index in [0.717, 1.165) is 43.3 Å². The first kappa shape index (κ1) is 14.8. The van der Waals surface area contributed by atoms with Crippen molar-refractivity contribution in [3.63, 3.8) is 0 Å². The third-order valence-electron chi connectivity index (χ3n) is 3.55. The molecule has 3 rings (SSSR count). The largest absolute Gasteiger partial charge is 0.353 e. The van der Waals surface area contributed by atoms with Crippen molar-refractivity contribution >= 4 is 18.2 Å². The highest BCUT2D eigenvalue weighted by Gasteiger charge is 2.15. The van der Waals surface area contributed by atoms with E-state index in [1.165, 1.54) is 0 Å². The van der Waals surface area contributed by atoms with Crippen LogP contribution in [-0.4, -0.2) is 48.3 Å². The Balaban J connectivity index is 0.00000147. The van der Waals surface area contributed by atoms with Gasteiger partial charge in [-0.3, -0.25) is 0 Å². The van der Waals surface area contributed by atoms with Gasteiger partial charge in [-0.1, -0.05) is 30.3 Å². The predicted octanol–water partition coefficient (Wildman–Crippen LogP) is 2.32. The smallest absolute Gasteiger partial charge is 0.151 e. The van der Waals surface area contributed by atoms with E-state index in [1.54, 1.807) is 0 Å². The predicted molar refractivity (Wildman–Crippen MR) is 84.4 cm³/mol. The summed E-state index contributed by atoms with van der Waals surface area (Å²) in [5.41, 5.74) is 2.04. The molecule has 20 heavy (non-hydrogen) atoms. The maximum Gasteiger partial charge on any atom is 0.151 e. The normalized spacial score (nSPS) is 15.8. The second-order valence-corrected chi connectivity index (χ2v) is 4.93. The lowest BCUT2D eigenvalue weighted by Gasteiger charge is -2.32. The monoisotopic (exact) mass is 290 g/mol. The van der Waals surface area contributed by atoms with Crippen LogP contribution < -0.4 is 4.90 Å². The third-order valence-corrected chi connectivity index (χ3v) is 3.55. The summed E-state index contributed by atoms with van der Waals surface area (Å²) in [5.74, 6) is 0.979. The molecule has 0 bridgehead atoms. The van der Waals surface area contributed by atoms with Gasteiger partial charge < -0.3 is 9.80 Å². The van der Waals surface area contributed by atoms with Crippen LogP contribution in [0.1, 0.15) is 0 Å². The molecule has 4 nitrogen and oxygen atoms in total. The Kier molecular flexibility index (Phi) is 4.93. The number of hydrogen-bond donors (Lipinski definition) is 0. The van der Waals surface area contributed by atoms with Crippen molar-refractivity contribution in [2.24, 2.45) is 0 Å². The lowest BCUT2D eigenvalue weighted by molar-refractivity contribution is 0.312. The van der Waals surface area contributed by atoms with E-state index in [1.807, 2.05) is 18.2 Å². The van der Waals surface area contributed by atoms with Gasteiger partial charge >= 0.3 is 0 Å². The minimum Gasteiger partial charge on any atom is -0.353 e. The average molecular weight is 291 g/mol. The van der Waals surface area contributed by atoms with Gasteiger partial charge in [-0.15, -0.1) is 22.6 Å². The average Bonchev–Trinajstić information content (AvgIpc) is 2.49. The molecule has 0 radical (unpaired) electrons. The molecule has 106 valence electrons. The lowest BCUT2D eigenvalue weighted by atomic mass is 10.1. The minimum atomic E-state index is 0. The van der Waals surface area contributed by atoms with Crippen LogP contribution in [0.5, 0.6) is 0 Å². The van der Waals surface area contributed by atoms with Crippen LogP contribution >= 0.6 is 12.4 Å². The molecule has 1 aliphatic heterocycles. The SMILES string of the molecule is CN1CCN(c2ccc(-c3ccccc3)nn2)CC1.Cl. The van der Waals surface area contributed by atoms with Gasteiger partial charge in [0, 0.05) is 31.7 Å². The number of likely N-dealkylation sites (N-methyl/N-ethyl adjacent to an activating group) is 1. The van der Waals surface area contributed by atoms with E-state index in [-0.39, 0.29) is 12.4 Å². The van der Waals surface area contributed by atoms with E-state index >= 15 is 0 Å². The van der Waals surface area contributed by atoms with E-state index in [4.69, 9.17) is 0 Å². The Morgan fingerprint density at radius 2 is 1.55 bits per heavy atom. The molecule has 2 heterocycles. The van der Waals surface area contributed by atoms with Crippen molar-refractivity contribution in [2.45, 2.75) is 0 Å². The number of nitrogens with zero attached hydrogens (tertiary/aromatic N) is 4. The van der Waals surface area contributed by atoms with Crippen molar-refractivity contribution in [3.05, 3.63) is 42.5 Å². The van der Waals surface area contributed by atoms with E-state index in [2.05, 4.69) is 51.3 Å². The molecule has 1 aromatic carbocycles. The van der Waals surface area contributed by atoms with Gasteiger partial charge in [0.15, 0.2) is 5.82 Å². The van der Waals surface area contributed by atoms with Gasteiger partial charge in [0.25, 0.3) is 0 Å². The Bertz CT molecular complexity index is 521. The number of benzene rings is 1. The van der Waals surface area contributed by atoms with Crippen molar-refractivity contribution < 1.29 is 0 Å². The second-order valence-electron chi connectivity index (χ2n) is 4.93. The first-order valence-electron chi connectivity index (χ1n) is 6.65. The van der Waals surface area contributed by atoms with Gasteiger partial charge in [0.05, 0.1) is 5.69 Å². The van der Waals surface area contributed by atoms with Crippen LogP contribution in [0.15, 0.2) is 42.5 Å². The van der Waals surface area contributed by atoms with Crippen LogP contribution in [0.4, 0.5) is 5.82 Å². The maximum absolute atomic E-state index is 4.36. The van der Waals surface area contributed by atoms with Gasteiger partial charge in [-0.2, -0.15) is 0 Å². The van der Waals surface area contributed by atoms with Gasteiger partial charge in [0.1, 0.15) is 0 Å². The van der Waals surface area contributed by atoms with Gasteiger partial charge in [0.2, 0.25) is 0 Å². The van der Waals surface area contributed by atoms with Crippen molar-refractivity contribution in [3.8, 4) is 11.3 Å². The summed E-state index contributed by atoms with van der Waals surface area (Å²) in [4.78, 5) is 4.63. The number of aromatic nitrogens is 2. The zero-order valence-corrected chi connectivity index (χ0v) is 12.4. The van der Waals surface area contributed by atoms with Crippen molar-refractivity contribution in [1.29, 1.82) is 0 Å². The summed E-state index contributed by atoms with van der Waals surface area (Å²) < 4.78 is 0. The standard InChI is InChI=1S/C15H18N4.ClH/c1-18-9-11-19(12-10-18)15-8-7-14(16-17-15)13-5-3-2-4-6-13;/h2-8H,9-12H2,1H3;1H. The van der Waals surface area contributed by atoms with Crippen LogP contribution in [-0.2, 0) is 0 Å². The first-order valence-corrected chi connectivity index (χ1v) is 6.65. The summed E-state index contributed by atoms with van der Waals surface area (Å²) in [7, 11) is 2.15.